The van der Waals surface area contributed by atoms with Crippen LogP contribution in [0.1, 0.15) is 0 Å². The fraction of sp³-hybridized carbons (Fsp3) is 0.0714. The van der Waals surface area contributed by atoms with Crippen molar-refractivity contribution in [1.82, 2.24) is 25.1 Å². The van der Waals surface area contributed by atoms with Gasteiger partial charge in [0.1, 0.15) is 5.52 Å². The quantitative estimate of drug-likeness (QED) is 0.490. The highest BCUT2D eigenvalue weighted by molar-refractivity contribution is 9.10. The average Bonchev–Trinajstić information content (AvgIpc) is 3.19. The van der Waals surface area contributed by atoms with E-state index >= 15 is 0 Å². The highest BCUT2D eigenvalue weighted by Gasteiger charge is 2.11. The molecule has 0 atom stereocenters. The van der Waals surface area contributed by atoms with Crippen LogP contribution in [0.15, 0.2) is 39.4 Å². The van der Waals surface area contributed by atoms with E-state index in [0.29, 0.717) is 21.5 Å². The molecule has 4 rings (SSSR count). The Bertz CT molecular complexity index is 1030. The molecule has 2 N–H and O–H groups in total. The number of hydrogen-bond donors (Lipinski definition) is 2. The molecule has 1 amide bonds. The predicted molar refractivity (Wildman–Crippen MR) is 98.4 cm³/mol. The Morgan fingerprint density at radius 3 is 3.12 bits per heavy atom. The number of aromatic nitrogens is 5. The first kappa shape index (κ1) is 15.5. The van der Waals surface area contributed by atoms with Crippen LogP contribution in [0.5, 0.6) is 0 Å². The van der Waals surface area contributed by atoms with Gasteiger partial charge in [-0.2, -0.15) is 0 Å². The first-order valence-electron chi connectivity index (χ1n) is 6.83. The summed E-state index contributed by atoms with van der Waals surface area (Å²) in [5.41, 5.74) is 2.31. The molecular formula is C14H9BrN6OS2. The third kappa shape index (κ3) is 3.12. The molecule has 120 valence electrons. The molecule has 0 unspecified atom stereocenters. The van der Waals surface area contributed by atoms with Gasteiger partial charge in [-0.15, -0.1) is 21.5 Å². The Balaban J connectivity index is 1.52. The Morgan fingerprint density at radius 2 is 2.29 bits per heavy atom. The Hall–Kier alpha value is -2.04. The number of amides is 1. The molecule has 4 aromatic rings. The fourth-order valence-corrected chi connectivity index (χ4v) is 3.65. The third-order valence-corrected chi connectivity index (χ3v) is 5.19. The van der Waals surface area contributed by atoms with E-state index in [4.69, 9.17) is 0 Å². The Morgan fingerprint density at radius 1 is 1.38 bits per heavy atom. The third-order valence-electron chi connectivity index (χ3n) is 3.17. The van der Waals surface area contributed by atoms with Crippen LogP contribution in [-0.4, -0.2) is 36.8 Å². The molecular weight excluding hydrogens is 412 g/mol. The van der Waals surface area contributed by atoms with E-state index in [9.17, 15) is 4.79 Å². The summed E-state index contributed by atoms with van der Waals surface area (Å²) in [7, 11) is 0. The van der Waals surface area contributed by atoms with E-state index in [1.54, 1.807) is 11.6 Å². The molecule has 10 heteroatoms. The number of halogens is 1. The maximum absolute atomic E-state index is 11.9. The lowest BCUT2D eigenvalue weighted by atomic mass is 10.2. The van der Waals surface area contributed by atoms with Gasteiger partial charge in [-0.3, -0.25) is 4.79 Å². The Kier molecular flexibility index (Phi) is 4.17. The van der Waals surface area contributed by atoms with E-state index in [1.807, 2.05) is 18.2 Å². The molecule has 3 aromatic heterocycles. The van der Waals surface area contributed by atoms with Crippen molar-refractivity contribution in [3.63, 3.8) is 0 Å². The van der Waals surface area contributed by atoms with Gasteiger partial charge in [0.05, 0.1) is 5.75 Å². The summed E-state index contributed by atoms with van der Waals surface area (Å²) in [6.45, 7) is 0. The second-order valence-electron chi connectivity index (χ2n) is 4.78. The zero-order chi connectivity index (χ0) is 16.5. The van der Waals surface area contributed by atoms with Crippen LogP contribution in [-0.2, 0) is 4.79 Å². The zero-order valence-corrected chi connectivity index (χ0v) is 15.2. The van der Waals surface area contributed by atoms with Crippen molar-refractivity contribution < 1.29 is 4.79 Å². The van der Waals surface area contributed by atoms with E-state index in [0.717, 1.165) is 15.4 Å². The van der Waals surface area contributed by atoms with Crippen molar-refractivity contribution in [2.75, 3.05) is 11.1 Å². The zero-order valence-electron chi connectivity index (χ0n) is 12.0. The smallest absolute Gasteiger partial charge is 0.236 e. The number of hydrogen-bond acceptors (Lipinski definition) is 7. The van der Waals surface area contributed by atoms with Crippen molar-refractivity contribution in [3.8, 4) is 0 Å². The van der Waals surface area contributed by atoms with Gasteiger partial charge >= 0.3 is 0 Å². The monoisotopic (exact) mass is 420 g/mol. The van der Waals surface area contributed by atoms with Crippen molar-refractivity contribution in [1.29, 1.82) is 0 Å². The lowest BCUT2D eigenvalue weighted by Crippen LogP contribution is -2.14. The van der Waals surface area contributed by atoms with Gasteiger partial charge in [0.25, 0.3) is 0 Å². The normalized spacial score (nSPS) is 11.2. The molecule has 0 saturated carbocycles. The van der Waals surface area contributed by atoms with Crippen molar-refractivity contribution in [2.45, 2.75) is 5.16 Å². The van der Waals surface area contributed by atoms with Crippen LogP contribution < -0.4 is 5.32 Å². The minimum atomic E-state index is -0.153. The molecule has 0 bridgehead atoms. The van der Waals surface area contributed by atoms with Gasteiger partial charge in [0, 0.05) is 27.0 Å². The first-order chi connectivity index (χ1) is 11.7. The van der Waals surface area contributed by atoms with Crippen LogP contribution in [0.2, 0.25) is 0 Å². The lowest BCUT2D eigenvalue weighted by Gasteiger charge is -2.00. The first-order valence-corrected chi connectivity index (χ1v) is 9.49. The maximum atomic E-state index is 11.9. The number of carbonyl (C=O) groups is 1. The number of carbonyl (C=O) groups excluding carboxylic acids is 1. The van der Waals surface area contributed by atoms with Crippen molar-refractivity contribution in [3.05, 3.63) is 34.2 Å². The fourth-order valence-electron chi connectivity index (χ4n) is 2.16. The molecule has 0 aliphatic heterocycles. The molecule has 0 spiro atoms. The maximum Gasteiger partial charge on any atom is 0.236 e. The molecule has 3 heterocycles. The van der Waals surface area contributed by atoms with Crippen LogP contribution in [0.4, 0.5) is 5.13 Å². The number of thioether (sulfide) groups is 1. The largest absolute Gasteiger partial charge is 0.338 e. The summed E-state index contributed by atoms with van der Waals surface area (Å²) in [4.78, 5) is 23.5. The number of anilines is 1. The molecule has 24 heavy (non-hydrogen) atoms. The summed E-state index contributed by atoms with van der Waals surface area (Å²) in [5, 5.41) is 14.8. The molecule has 0 fully saturated rings. The SMILES string of the molecule is O=C(CSc1nnc2c(n1)[nH]c1ccc(Br)cc12)Nc1nccs1. The Labute approximate surface area is 152 Å². The molecule has 0 aliphatic carbocycles. The highest BCUT2D eigenvalue weighted by atomic mass is 79.9. The molecule has 1 aromatic carbocycles. The molecule has 7 nitrogen and oxygen atoms in total. The summed E-state index contributed by atoms with van der Waals surface area (Å²) in [5.74, 6) is 0.0395. The topological polar surface area (TPSA) is 96.5 Å². The number of nitrogens with zero attached hydrogens (tertiary/aromatic N) is 4. The molecule has 0 saturated heterocycles. The second kappa shape index (κ2) is 6.46. The van der Waals surface area contributed by atoms with Crippen LogP contribution >= 0.6 is 39.0 Å². The van der Waals surface area contributed by atoms with Gasteiger partial charge in [0.2, 0.25) is 11.1 Å². The number of H-pyrrole nitrogens is 1. The lowest BCUT2D eigenvalue weighted by molar-refractivity contribution is -0.113. The average molecular weight is 421 g/mol. The van der Waals surface area contributed by atoms with Crippen LogP contribution in [0.3, 0.4) is 0 Å². The minimum absolute atomic E-state index is 0.153. The summed E-state index contributed by atoms with van der Waals surface area (Å²) < 4.78 is 0.968. The summed E-state index contributed by atoms with van der Waals surface area (Å²) in [6, 6.07) is 5.87. The van der Waals surface area contributed by atoms with Crippen molar-refractivity contribution >= 4 is 72.1 Å². The number of benzene rings is 1. The summed E-state index contributed by atoms with van der Waals surface area (Å²) >= 11 is 6.05. The van der Waals surface area contributed by atoms with Crippen LogP contribution in [0, 0.1) is 0 Å². The minimum Gasteiger partial charge on any atom is -0.338 e. The number of fused-ring (bicyclic) bond motifs is 3. The number of nitrogens with one attached hydrogen (secondary N) is 2. The van der Waals surface area contributed by atoms with Gasteiger partial charge in [-0.1, -0.05) is 27.7 Å². The standard InChI is InChI=1S/C14H9BrN6OS2/c15-7-1-2-9-8(5-7)11-12(17-9)19-14(21-20-11)24-6-10(22)18-13-16-3-4-23-13/h1-5H,6H2,(H,16,18,22)(H,17,19,21). The highest BCUT2D eigenvalue weighted by Crippen LogP contribution is 2.26. The number of rotatable bonds is 4. The van der Waals surface area contributed by atoms with Crippen LogP contribution in [0.25, 0.3) is 22.1 Å². The predicted octanol–water partition coefficient (Wildman–Crippen LogP) is 3.46. The van der Waals surface area contributed by atoms with E-state index in [1.165, 1.54) is 23.1 Å². The van der Waals surface area contributed by atoms with E-state index in [-0.39, 0.29) is 11.7 Å². The van der Waals surface area contributed by atoms with Crippen molar-refractivity contribution in [2.24, 2.45) is 0 Å². The molecule has 0 radical (unpaired) electrons. The van der Waals surface area contributed by atoms with Gasteiger partial charge < -0.3 is 10.3 Å². The van der Waals surface area contributed by atoms with E-state index < -0.39 is 0 Å². The second-order valence-corrected chi connectivity index (χ2v) is 7.53. The van der Waals surface area contributed by atoms with Gasteiger partial charge in [-0.25, -0.2) is 9.97 Å². The summed E-state index contributed by atoms with van der Waals surface area (Å²) in [6.07, 6.45) is 1.64. The van der Waals surface area contributed by atoms with Gasteiger partial charge in [0.15, 0.2) is 10.8 Å². The number of thiazole rings is 1. The van der Waals surface area contributed by atoms with Gasteiger partial charge in [-0.05, 0) is 18.2 Å². The van der Waals surface area contributed by atoms with E-state index in [2.05, 4.69) is 46.4 Å². The molecule has 0 aliphatic rings. The number of aromatic amines is 1.